The number of benzene rings is 1. The van der Waals surface area contributed by atoms with Gasteiger partial charge in [-0.25, -0.2) is 0 Å². The maximum absolute atomic E-state index is 12.0. The van der Waals surface area contributed by atoms with Crippen molar-refractivity contribution in [1.82, 2.24) is 5.32 Å². The maximum atomic E-state index is 12.0. The molecule has 0 saturated carbocycles. The number of rotatable bonds is 6. The lowest BCUT2D eigenvalue weighted by molar-refractivity contribution is 0.0929. The average molecular weight is 330 g/mol. The van der Waals surface area contributed by atoms with Crippen molar-refractivity contribution in [2.24, 2.45) is 5.41 Å². The third kappa shape index (κ3) is 3.62. The number of nitrogens with one attached hydrogen (secondary N) is 1. The molecule has 0 unspecified atom stereocenters. The molecule has 3 N–H and O–H groups in total. The number of phenolic OH excluding ortho intramolecular Hbond substituents is 2. The molecular formula is C14H20BrNO3. The van der Waals surface area contributed by atoms with Crippen LogP contribution in [0.3, 0.4) is 0 Å². The van der Waals surface area contributed by atoms with Gasteiger partial charge in [0.05, 0.1) is 5.56 Å². The molecule has 1 aromatic carbocycles. The van der Waals surface area contributed by atoms with Crippen molar-refractivity contribution >= 4 is 21.8 Å². The highest BCUT2D eigenvalue weighted by Gasteiger charge is 2.26. The fraction of sp³-hybridized carbons (Fsp3) is 0.500. The Labute approximate surface area is 122 Å². The minimum atomic E-state index is -0.377. The van der Waals surface area contributed by atoms with Gasteiger partial charge in [0.25, 0.3) is 5.91 Å². The van der Waals surface area contributed by atoms with E-state index < -0.39 is 0 Å². The van der Waals surface area contributed by atoms with Crippen molar-refractivity contribution < 1.29 is 15.0 Å². The topological polar surface area (TPSA) is 69.6 Å². The first-order valence-electron chi connectivity index (χ1n) is 6.34. The van der Waals surface area contributed by atoms with Crippen LogP contribution in [0.25, 0.3) is 0 Å². The highest BCUT2D eigenvalue weighted by atomic mass is 79.9. The first-order valence-corrected chi connectivity index (χ1v) is 7.47. The van der Waals surface area contributed by atoms with Gasteiger partial charge in [-0.15, -0.1) is 0 Å². The molecule has 0 saturated heterocycles. The van der Waals surface area contributed by atoms with Gasteiger partial charge in [-0.3, -0.25) is 4.79 Å². The summed E-state index contributed by atoms with van der Waals surface area (Å²) in [7, 11) is 0. The van der Waals surface area contributed by atoms with E-state index in [1.807, 2.05) is 0 Å². The molecule has 0 radical (unpaired) electrons. The number of halogens is 1. The van der Waals surface area contributed by atoms with E-state index in [0.29, 0.717) is 6.54 Å². The molecule has 19 heavy (non-hydrogen) atoms. The van der Waals surface area contributed by atoms with E-state index in [9.17, 15) is 15.0 Å². The van der Waals surface area contributed by atoms with Gasteiger partial charge in [0.1, 0.15) is 0 Å². The van der Waals surface area contributed by atoms with Crippen molar-refractivity contribution in [3.63, 3.8) is 0 Å². The third-order valence-corrected chi connectivity index (χ3v) is 4.86. The van der Waals surface area contributed by atoms with E-state index in [-0.39, 0.29) is 28.4 Å². The number of para-hydroxylation sites is 1. The van der Waals surface area contributed by atoms with Crippen LogP contribution in [0.2, 0.25) is 0 Å². The predicted molar refractivity (Wildman–Crippen MR) is 78.9 cm³/mol. The van der Waals surface area contributed by atoms with E-state index in [1.165, 1.54) is 18.2 Å². The van der Waals surface area contributed by atoms with Gasteiger partial charge < -0.3 is 15.5 Å². The quantitative estimate of drug-likeness (QED) is 0.555. The Kier molecular flexibility index (Phi) is 5.66. The van der Waals surface area contributed by atoms with Gasteiger partial charge in [0, 0.05) is 11.9 Å². The van der Waals surface area contributed by atoms with Crippen LogP contribution in [0.4, 0.5) is 0 Å². The van der Waals surface area contributed by atoms with E-state index in [4.69, 9.17) is 0 Å². The first kappa shape index (κ1) is 15.8. The molecule has 0 heterocycles. The van der Waals surface area contributed by atoms with Crippen molar-refractivity contribution in [2.45, 2.75) is 26.7 Å². The summed E-state index contributed by atoms with van der Waals surface area (Å²) >= 11 is 3.49. The Bertz CT molecular complexity index is 436. The summed E-state index contributed by atoms with van der Waals surface area (Å²) in [6, 6.07) is 4.35. The molecule has 0 bridgehead atoms. The molecule has 4 nitrogen and oxygen atoms in total. The zero-order chi connectivity index (χ0) is 14.5. The highest BCUT2D eigenvalue weighted by molar-refractivity contribution is 9.09. The second kappa shape index (κ2) is 6.80. The van der Waals surface area contributed by atoms with Crippen molar-refractivity contribution in [3.05, 3.63) is 23.8 Å². The van der Waals surface area contributed by atoms with Crippen LogP contribution in [0, 0.1) is 5.41 Å². The van der Waals surface area contributed by atoms with Gasteiger partial charge >= 0.3 is 0 Å². The van der Waals surface area contributed by atoms with Gasteiger partial charge in [-0.2, -0.15) is 0 Å². The summed E-state index contributed by atoms with van der Waals surface area (Å²) < 4.78 is 0. The molecule has 1 aromatic rings. The monoisotopic (exact) mass is 329 g/mol. The summed E-state index contributed by atoms with van der Waals surface area (Å²) in [5.74, 6) is -1.04. The lowest BCUT2D eigenvalue weighted by Crippen LogP contribution is -2.38. The second-order valence-corrected chi connectivity index (χ2v) is 5.26. The van der Waals surface area contributed by atoms with Crippen LogP contribution in [-0.2, 0) is 0 Å². The van der Waals surface area contributed by atoms with Gasteiger partial charge in [-0.1, -0.05) is 35.8 Å². The summed E-state index contributed by atoms with van der Waals surface area (Å²) in [4.78, 5) is 12.0. The van der Waals surface area contributed by atoms with Crippen molar-refractivity contribution in [1.29, 1.82) is 0 Å². The molecule has 0 spiro atoms. The first-order chi connectivity index (χ1) is 8.99. The number of hydrogen-bond donors (Lipinski definition) is 3. The zero-order valence-corrected chi connectivity index (χ0v) is 12.8. The lowest BCUT2D eigenvalue weighted by Gasteiger charge is -2.29. The van der Waals surface area contributed by atoms with Crippen LogP contribution < -0.4 is 5.32 Å². The molecule has 0 atom stereocenters. The Morgan fingerprint density at radius 3 is 2.47 bits per heavy atom. The zero-order valence-electron chi connectivity index (χ0n) is 11.2. The molecule has 0 fully saturated rings. The Balaban J connectivity index is 2.78. The van der Waals surface area contributed by atoms with Crippen LogP contribution in [-0.4, -0.2) is 28.0 Å². The number of hydrogen-bond acceptors (Lipinski definition) is 3. The molecule has 0 aliphatic carbocycles. The van der Waals surface area contributed by atoms with Gasteiger partial charge in [0.15, 0.2) is 11.5 Å². The summed E-state index contributed by atoms with van der Waals surface area (Å²) in [6.45, 7) is 4.70. The molecule has 0 aliphatic rings. The number of aromatic hydroxyl groups is 2. The van der Waals surface area contributed by atoms with Crippen LogP contribution in [0.15, 0.2) is 18.2 Å². The minimum absolute atomic E-state index is 0.0160. The standard InChI is InChI=1S/C14H20BrNO3/c1-3-14(4-2,8-15)9-16-13(19)10-6-5-7-11(17)12(10)18/h5-7,17-18H,3-4,8-9H2,1-2H3,(H,16,19). The molecule has 106 valence electrons. The minimum Gasteiger partial charge on any atom is -0.504 e. The summed E-state index contributed by atoms with van der Waals surface area (Å²) in [5, 5.41) is 22.7. The lowest BCUT2D eigenvalue weighted by atomic mass is 9.84. The third-order valence-electron chi connectivity index (χ3n) is 3.67. The predicted octanol–water partition coefficient (Wildman–Crippen LogP) is 3.03. The summed E-state index contributed by atoms with van der Waals surface area (Å²) in [6.07, 6.45) is 1.89. The van der Waals surface area contributed by atoms with Crippen LogP contribution in [0.1, 0.15) is 37.0 Å². The van der Waals surface area contributed by atoms with Gasteiger partial charge in [-0.05, 0) is 30.4 Å². The number of carbonyl (C=O) groups is 1. The van der Waals surface area contributed by atoms with E-state index >= 15 is 0 Å². The average Bonchev–Trinajstić information content (AvgIpc) is 2.44. The van der Waals surface area contributed by atoms with Crippen LogP contribution in [0.5, 0.6) is 11.5 Å². The molecule has 1 amide bonds. The smallest absolute Gasteiger partial charge is 0.255 e. The molecular weight excluding hydrogens is 310 g/mol. The molecule has 0 aromatic heterocycles. The highest BCUT2D eigenvalue weighted by Crippen LogP contribution is 2.30. The van der Waals surface area contributed by atoms with Crippen LogP contribution >= 0.6 is 15.9 Å². The second-order valence-electron chi connectivity index (χ2n) is 4.70. The Morgan fingerprint density at radius 1 is 1.32 bits per heavy atom. The fourth-order valence-corrected chi connectivity index (χ4v) is 2.81. The van der Waals surface area contributed by atoms with Gasteiger partial charge in [0.2, 0.25) is 0 Å². The number of carbonyl (C=O) groups excluding carboxylic acids is 1. The SMILES string of the molecule is CCC(CC)(CBr)CNC(=O)c1cccc(O)c1O. The van der Waals surface area contributed by atoms with E-state index in [2.05, 4.69) is 35.1 Å². The number of phenols is 2. The summed E-state index contributed by atoms with van der Waals surface area (Å²) in [5.41, 5.74) is 0.109. The largest absolute Gasteiger partial charge is 0.504 e. The Hall–Kier alpha value is -1.23. The molecule has 5 heteroatoms. The molecule has 0 aliphatic heterocycles. The van der Waals surface area contributed by atoms with E-state index in [1.54, 1.807) is 0 Å². The fourth-order valence-electron chi connectivity index (χ4n) is 1.81. The Morgan fingerprint density at radius 2 is 1.95 bits per heavy atom. The van der Waals surface area contributed by atoms with Crippen molar-refractivity contribution in [2.75, 3.05) is 11.9 Å². The maximum Gasteiger partial charge on any atom is 0.255 e. The molecule has 1 rings (SSSR count). The normalized spacial score (nSPS) is 11.3. The number of amides is 1. The van der Waals surface area contributed by atoms with E-state index in [0.717, 1.165) is 18.2 Å². The van der Waals surface area contributed by atoms with Crippen molar-refractivity contribution in [3.8, 4) is 11.5 Å². The number of alkyl halides is 1.